The molecule has 194 valence electrons. The first kappa shape index (κ1) is 26.3. The van der Waals surface area contributed by atoms with Crippen molar-refractivity contribution in [1.29, 1.82) is 0 Å². The third-order valence-corrected chi connectivity index (χ3v) is 9.66. The Morgan fingerprint density at radius 3 is 2.53 bits per heavy atom. The molecule has 1 aliphatic heterocycles. The van der Waals surface area contributed by atoms with Crippen molar-refractivity contribution in [2.75, 3.05) is 30.7 Å². The molecule has 2 heterocycles. The van der Waals surface area contributed by atoms with Gasteiger partial charge in [-0.1, -0.05) is 0 Å². The fourth-order valence-corrected chi connectivity index (χ4v) is 7.70. The maximum absolute atomic E-state index is 13.7. The predicted octanol–water partition coefficient (Wildman–Crippen LogP) is 3.85. The first-order chi connectivity index (χ1) is 17.0. The lowest BCUT2D eigenvalue weighted by Gasteiger charge is -2.43. The minimum Gasteiger partial charge on any atom is -0.456 e. The second-order valence-corrected chi connectivity index (χ2v) is 12.7. The van der Waals surface area contributed by atoms with E-state index in [2.05, 4.69) is 5.32 Å². The number of nitrogens with one attached hydrogen (secondary N) is 2. The van der Waals surface area contributed by atoms with Crippen LogP contribution in [0.15, 0.2) is 45.7 Å². The lowest BCUT2D eigenvalue weighted by molar-refractivity contribution is -0.134. The monoisotopic (exact) mass is 534 g/mol. The Balaban J connectivity index is 1.72. The number of nitrogens with zero attached hydrogens (tertiary/aromatic N) is 2. The van der Waals surface area contributed by atoms with Gasteiger partial charge in [0.15, 0.2) is 0 Å². The molecule has 12 heteroatoms. The van der Waals surface area contributed by atoms with E-state index in [0.717, 1.165) is 4.31 Å². The highest BCUT2D eigenvalue weighted by Crippen LogP contribution is 2.39. The summed E-state index contributed by atoms with van der Waals surface area (Å²) in [4.78, 5) is 26.6. The molecule has 1 aromatic heterocycles. The molecule has 3 N–H and O–H groups in total. The molecule has 1 saturated heterocycles. The quantitative estimate of drug-likeness (QED) is 0.323. The highest BCUT2D eigenvalue weighted by Gasteiger charge is 2.48. The van der Waals surface area contributed by atoms with Gasteiger partial charge in [-0.25, -0.2) is 18.7 Å². The highest BCUT2D eigenvalue weighted by molar-refractivity contribution is 8.01. The summed E-state index contributed by atoms with van der Waals surface area (Å²) < 4.78 is 33.7. The van der Waals surface area contributed by atoms with Crippen molar-refractivity contribution in [3.05, 3.63) is 36.4 Å². The van der Waals surface area contributed by atoms with Gasteiger partial charge in [0.05, 0.1) is 4.90 Å². The molecule has 1 atom stereocenters. The molecular formula is C24H30N4O6S2. The van der Waals surface area contributed by atoms with E-state index in [1.165, 1.54) is 23.9 Å². The number of thioether (sulfide) groups is 1. The van der Waals surface area contributed by atoms with Crippen LogP contribution < -0.4 is 10.8 Å². The van der Waals surface area contributed by atoms with Crippen molar-refractivity contribution < 1.29 is 27.6 Å². The summed E-state index contributed by atoms with van der Waals surface area (Å²) in [6.45, 7) is 8.67. The van der Waals surface area contributed by atoms with E-state index in [0.29, 0.717) is 46.5 Å². The third-order valence-electron chi connectivity index (χ3n) is 6.44. The third kappa shape index (κ3) is 4.65. The van der Waals surface area contributed by atoms with Crippen molar-refractivity contribution >= 4 is 61.3 Å². The molecule has 0 unspecified atom stereocenters. The van der Waals surface area contributed by atoms with E-state index in [1.54, 1.807) is 48.5 Å². The molecule has 1 aliphatic rings. The number of sulfonamides is 1. The van der Waals surface area contributed by atoms with Gasteiger partial charge in [0.2, 0.25) is 10.0 Å². The number of rotatable bonds is 6. The van der Waals surface area contributed by atoms with Gasteiger partial charge in [0.1, 0.15) is 17.2 Å². The van der Waals surface area contributed by atoms with E-state index in [-0.39, 0.29) is 17.5 Å². The number of hydrogen-bond acceptors (Lipinski definition) is 7. The van der Waals surface area contributed by atoms with Gasteiger partial charge in [-0.15, -0.1) is 0 Å². The molecule has 10 nitrogen and oxygen atoms in total. The van der Waals surface area contributed by atoms with Crippen molar-refractivity contribution in [2.45, 2.75) is 43.4 Å². The van der Waals surface area contributed by atoms with E-state index in [4.69, 9.17) is 4.42 Å². The summed E-state index contributed by atoms with van der Waals surface area (Å²) in [6.07, 6.45) is 0. The number of urea groups is 1. The Labute approximate surface area is 214 Å². The number of anilines is 1. The van der Waals surface area contributed by atoms with Crippen LogP contribution in [-0.2, 0) is 14.8 Å². The summed E-state index contributed by atoms with van der Waals surface area (Å²) in [7, 11) is -4.07. The van der Waals surface area contributed by atoms with Gasteiger partial charge in [0, 0.05) is 52.7 Å². The van der Waals surface area contributed by atoms with Crippen LogP contribution in [0.25, 0.3) is 21.9 Å². The number of furan rings is 1. The van der Waals surface area contributed by atoms with Crippen LogP contribution in [0.1, 0.15) is 27.7 Å². The lowest BCUT2D eigenvalue weighted by Crippen LogP contribution is -2.61. The van der Waals surface area contributed by atoms with Crippen LogP contribution in [0, 0.1) is 0 Å². The maximum Gasteiger partial charge on any atom is 0.321 e. The normalized spacial score (nSPS) is 18.3. The van der Waals surface area contributed by atoms with Crippen molar-refractivity contribution in [3.63, 3.8) is 0 Å². The van der Waals surface area contributed by atoms with Crippen LogP contribution in [0.3, 0.4) is 0 Å². The number of carbonyl (C=O) groups is 2. The zero-order valence-corrected chi connectivity index (χ0v) is 22.2. The van der Waals surface area contributed by atoms with Crippen LogP contribution in [-0.4, -0.2) is 70.9 Å². The molecule has 4 rings (SSSR count). The molecule has 36 heavy (non-hydrogen) atoms. The zero-order chi connectivity index (χ0) is 26.3. The van der Waals surface area contributed by atoms with E-state index >= 15 is 0 Å². The first-order valence-electron chi connectivity index (χ1n) is 11.7. The molecular weight excluding hydrogens is 504 g/mol. The molecule has 0 spiro atoms. The molecule has 0 radical (unpaired) electrons. The standard InChI is InChI=1S/C24H30N4O6S2/c1-5-27(6-2)23(30)25-15-7-9-17-18-14-16(8-10-19(18)34-20(17)13-15)36(32,33)28-11-12-35-24(3,4)21(28)22(29)26-31/h7-10,13-14,21,31H,5-6,11-12H2,1-4H3,(H,25,30)(H,26,29)/t21-/m0/s1. The maximum atomic E-state index is 13.7. The average Bonchev–Trinajstić information content (AvgIpc) is 3.20. The molecule has 3 aromatic rings. The Bertz CT molecular complexity index is 1410. The fraction of sp³-hybridized carbons (Fsp3) is 0.417. The molecule has 0 aliphatic carbocycles. The van der Waals surface area contributed by atoms with Gasteiger partial charge < -0.3 is 14.6 Å². The number of fused-ring (bicyclic) bond motifs is 3. The number of carbonyl (C=O) groups excluding carboxylic acids is 2. The zero-order valence-electron chi connectivity index (χ0n) is 20.6. The second-order valence-electron chi connectivity index (χ2n) is 9.02. The van der Waals surface area contributed by atoms with Crippen LogP contribution >= 0.6 is 11.8 Å². The SMILES string of the molecule is CCN(CC)C(=O)Nc1ccc2c(c1)oc1ccc(S(=O)(=O)N3CCSC(C)(C)[C@@H]3C(=O)NO)cc12. The number of benzene rings is 2. The van der Waals surface area contributed by atoms with Crippen molar-refractivity contribution in [3.8, 4) is 0 Å². The van der Waals surface area contributed by atoms with Gasteiger partial charge in [-0.2, -0.15) is 16.1 Å². The minimum absolute atomic E-state index is 0.0232. The van der Waals surface area contributed by atoms with Gasteiger partial charge in [0.25, 0.3) is 5.91 Å². The predicted molar refractivity (Wildman–Crippen MR) is 140 cm³/mol. The molecule has 0 bridgehead atoms. The fourth-order valence-electron chi connectivity index (χ4n) is 4.56. The van der Waals surface area contributed by atoms with Crippen LogP contribution in [0.2, 0.25) is 0 Å². The summed E-state index contributed by atoms with van der Waals surface area (Å²) >= 11 is 1.48. The minimum atomic E-state index is -4.07. The van der Waals surface area contributed by atoms with Gasteiger partial charge in [-0.05, 0) is 58.0 Å². The topological polar surface area (TPSA) is 132 Å². The summed E-state index contributed by atoms with van der Waals surface area (Å²) in [6, 6.07) is 8.49. The van der Waals surface area contributed by atoms with Crippen LogP contribution in [0.5, 0.6) is 0 Å². The van der Waals surface area contributed by atoms with Crippen molar-refractivity contribution in [1.82, 2.24) is 14.7 Å². The van der Waals surface area contributed by atoms with E-state index in [1.807, 2.05) is 13.8 Å². The first-order valence-corrected chi connectivity index (χ1v) is 14.1. The van der Waals surface area contributed by atoms with Gasteiger partial charge in [-0.3, -0.25) is 10.0 Å². The Morgan fingerprint density at radius 2 is 1.86 bits per heavy atom. The summed E-state index contributed by atoms with van der Waals surface area (Å²) in [5, 5.41) is 13.4. The highest BCUT2D eigenvalue weighted by atomic mass is 32.2. The number of hydroxylamine groups is 1. The van der Waals surface area contributed by atoms with Gasteiger partial charge >= 0.3 is 6.03 Å². The Morgan fingerprint density at radius 1 is 1.14 bits per heavy atom. The van der Waals surface area contributed by atoms with Crippen LogP contribution in [0.4, 0.5) is 10.5 Å². The Hall–Kier alpha value is -2.80. The summed E-state index contributed by atoms with van der Waals surface area (Å²) in [5.41, 5.74) is 3.19. The Kier molecular flexibility index (Phi) is 7.24. The molecule has 0 saturated carbocycles. The summed E-state index contributed by atoms with van der Waals surface area (Å²) in [5.74, 6) is -0.259. The second kappa shape index (κ2) is 9.92. The van der Waals surface area contributed by atoms with Crippen molar-refractivity contribution in [2.24, 2.45) is 0 Å². The smallest absolute Gasteiger partial charge is 0.321 e. The number of amides is 3. The average molecular weight is 535 g/mol. The number of hydrogen-bond donors (Lipinski definition) is 3. The molecule has 3 amide bonds. The lowest BCUT2D eigenvalue weighted by atomic mass is 10.0. The van der Waals surface area contributed by atoms with E-state index < -0.39 is 26.7 Å². The van der Waals surface area contributed by atoms with E-state index in [9.17, 15) is 23.2 Å². The largest absolute Gasteiger partial charge is 0.456 e. The molecule has 1 fully saturated rings. The molecule has 2 aromatic carbocycles.